The van der Waals surface area contributed by atoms with Crippen molar-refractivity contribution in [3.63, 3.8) is 0 Å². The largest absolute Gasteiger partial charge is 0.373 e. The fourth-order valence-electron chi connectivity index (χ4n) is 7.51. The molecule has 0 radical (unpaired) electrons. The van der Waals surface area contributed by atoms with Crippen molar-refractivity contribution in [1.82, 2.24) is 4.90 Å². The van der Waals surface area contributed by atoms with Crippen LogP contribution < -0.4 is 13.1 Å². The summed E-state index contributed by atoms with van der Waals surface area (Å²) in [5.74, 6) is 1.35. The number of para-hydroxylation sites is 1. The number of hydrogen-bond donors (Lipinski definition) is 0. The Labute approximate surface area is 178 Å². The molecule has 0 N–H and O–H groups in total. The molecule has 0 aromatic heterocycles. The molecule has 1 spiro atoms. The maximum Gasteiger partial charge on any atom is 0.229 e. The Hall–Kier alpha value is -1.37. The molecule has 1 amide bonds. The second-order valence-corrected chi connectivity index (χ2v) is 12.8. The normalized spacial score (nSPS) is 40.2. The Morgan fingerprint density at radius 1 is 1.27 bits per heavy atom. The molecular weight excluding hydrogens is 447 g/mol. The van der Waals surface area contributed by atoms with Gasteiger partial charge in [0, 0.05) is 29.6 Å². The first-order valence-electron chi connectivity index (χ1n) is 10.7. The van der Waals surface area contributed by atoms with Crippen LogP contribution in [0.25, 0.3) is 0 Å². The number of piperidine rings is 2. The van der Waals surface area contributed by atoms with Crippen LogP contribution in [0.15, 0.2) is 35.9 Å². The van der Waals surface area contributed by atoms with Gasteiger partial charge >= 0.3 is 31.8 Å². The number of ether oxygens (including phenoxy) is 1. The van der Waals surface area contributed by atoms with E-state index < -0.39 is 14.2 Å². The molecule has 1 aromatic rings. The summed E-state index contributed by atoms with van der Waals surface area (Å²) in [6.07, 6.45) is 5.43. The number of carbonyl (C=O) groups excluding carboxylic acids is 1. The fraction of sp³-hybridized carbons (Fsp3) is 0.591. The van der Waals surface area contributed by atoms with Gasteiger partial charge in [0.25, 0.3) is 0 Å². The summed E-state index contributed by atoms with van der Waals surface area (Å²) in [6.45, 7) is 2.97. The third kappa shape index (κ3) is 2.50. The van der Waals surface area contributed by atoms with Crippen molar-refractivity contribution < 1.29 is 21.5 Å². The van der Waals surface area contributed by atoms with E-state index in [0.29, 0.717) is 42.7 Å². The zero-order valence-electron chi connectivity index (χ0n) is 16.9. The van der Waals surface area contributed by atoms with E-state index in [4.69, 9.17) is 16.7 Å². The van der Waals surface area contributed by atoms with Gasteiger partial charge in [0.1, 0.15) is 0 Å². The molecule has 2 bridgehead atoms. The monoisotopic (exact) mass is 472 g/mol. The number of nitrogens with zero attached hydrogens (tertiary/aromatic N) is 2. The summed E-state index contributed by atoms with van der Waals surface area (Å²) in [7, 11) is 0. The number of anilines is 1. The third-order valence-corrected chi connectivity index (χ3v) is 8.22. The zero-order chi connectivity index (χ0) is 20.8. The minimum absolute atomic E-state index is 0.104. The van der Waals surface area contributed by atoms with Crippen LogP contribution in [0.4, 0.5) is 5.69 Å². The van der Waals surface area contributed by atoms with Crippen molar-refractivity contribution in [2.45, 2.75) is 48.6 Å². The van der Waals surface area contributed by atoms with Crippen LogP contribution in [0.3, 0.4) is 0 Å². The van der Waals surface area contributed by atoms with E-state index >= 15 is 0 Å². The van der Waals surface area contributed by atoms with Crippen LogP contribution in [0.1, 0.15) is 24.8 Å². The average Bonchev–Trinajstić information content (AvgIpc) is 3.15. The summed E-state index contributed by atoms with van der Waals surface area (Å²) >= 11 is -4.62. The second kappa shape index (κ2) is 6.33. The molecule has 6 aliphatic rings. The number of hydrogen-bond acceptors (Lipinski definition) is 6. The molecule has 0 unspecified atom stereocenters. The van der Waals surface area contributed by atoms with Crippen LogP contribution >= 0.6 is 0 Å². The standard InChI is InChI=1S/C21H22N2O2.CH5AsO3/c24-18-10-16-19-13-9-17-21(6-7-22(17)11-12(13)5-8-25-16)14-3-1-2-4-15(14)23(18)20(19)21;1-2(3,4)5/h1-5,13,16-17,19-20H,6-11H2;1H3,(H2,3,4,5)/p-2/t13-,16-,17-,19-,20-,21+;/m0./s1. The van der Waals surface area contributed by atoms with Crippen LogP contribution in [-0.4, -0.2) is 62.9 Å². The van der Waals surface area contributed by atoms with E-state index in [1.54, 1.807) is 5.57 Å². The Morgan fingerprint density at radius 2 is 2.03 bits per heavy atom. The fourth-order valence-corrected chi connectivity index (χ4v) is 7.51. The third-order valence-electron chi connectivity index (χ3n) is 8.22. The number of benzene rings is 1. The average molecular weight is 472 g/mol. The molecule has 7 nitrogen and oxygen atoms in total. The van der Waals surface area contributed by atoms with Gasteiger partial charge in [-0.1, -0.05) is 29.8 Å². The van der Waals surface area contributed by atoms with Gasteiger partial charge in [-0.15, -0.1) is 0 Å². The van der Waals surface area contributed by atoms with Crippen molar-refractivity contribution in [2.75, 3.05) is 24.6 Å². The predicted octanol–water partition coefficient (Wildman–Crippen LogP) is -0.201. The van der Waals surface area contributed by atoms with Gasteiger partial charge < -0.3 is 9.64 Å². The van der Waals surface area contributed by atoms with Crippen LogP contribution in [0.5, 0.6) is 0 Å². The minimum atomic E-state index is -4.62. The van der Waals surface area contributed by atoms with E-state index in [1.807, 2.05) is 0 Å². The molecule has 3 saturated heterocycles. The molecule has 4 fully saturated rings. The molecule has 8 heteroatoms. The second-order valence-electron chi connectivity index (χ2n) is 9.55. The Bertz CT molecular complexity index is 997. The maximum atomic E-state index is 13.2. The van der Waals surface area contributed by atoms with Gasteiger partial charge in [0.15, 0.2) is 0 Å². The van der Waals surface area contributed by atoms with E-state index in [-0.39, 0.29) is 17.4 Å². The molecule has 5 aliphatic heterocycles. The quantitative estimate of drug-likeness (QED) is 0.384. The summed E-state index contributed by atoms with van der Waals surface area (Å²) < 4.78 is 33.7. The molecule has 5 heterocycles. The van der Waals surface area contributed by atoms with E-state index in [0.717, 1.165) is 6.54 Å². The number of fused-ring (bicyclic) bond motifs is 2. The summed E-state index contributed by atoms with van der Waals surface area (Å²) in [6, 6.07) is 9.64. The van der Waals surface area contributed by atoms with Crippen LogP contribution in [-0.2, 0) is 18.7 Å². The summed E-state index contributed by atoms with van der Waals surface area (Å²) in [5, 5.41) is 0. The van der Waals surface area contributed by atoms with Gasteiger partial charge in [-0.05, 0) is 36.9 Å². The van der Waals surface area contributed by atoms with Crippen LogP contribution in [0.2, 0.25) is 5.71 Å². The number of rotatable bonds is 0. The predicted molar refractivity (Wildman–Crippen MR) is 106 cm³/mol. The minimum Gasteiger partial charge on any atom is -0.373 e. The first kappa shape index (κ1) is 19.3. The van der Waals surface area contributed by atoms with E-state index in [9.17, 15) is 4.79 Å². The maximum absolute atomic E-state index is 13.2. The van der Waals surface area contributed by atoms with Crippen molar-refractivity contribution >= 4 is 25.8 Å². The van der Waals surface area contributed by atoms with Gasteiger partial charge in [-0.3, -0.25) is 9.69 Å². The van der Waals surface area contributed by atoms with Crippen LogP contribution in [0, 0.1) is 11.8 Å². The Balaban J connectivity index is 0.000000318. The van der Waals surface area contributed by atoms with Crippen molar-refractivity contribution in [2.24, 2.45) is 11.8 Å². The number of carbonyl (C=O) groups is 1. The molecule has 7 rings (SSSR count). The molecule has 6 atom stereocenters. The summed E-state index contributed by atoms with van der Waals surface area (Å²) in [4.78, 5) is 18.1. The smallest absolute Gasteiger partial charge is 0.229 e. The van der Waals surface area contributed by atoms with E-state index in [2.05, 4.69) is 40.1 Å². The van der Waals surface area contributed by atoms with Gasteiger partial charge in [0.05, 0.1) is 25.2 Å². The van der Waals surface area contributed by atoms with Crippen molar-refractivity contribution in [3.05, 3.63) is 41.5 Å². The number of amides is 1. The topological polar surface area (TPSA) is 96.0 Å². The SMILES string of the molecule is C[As](=O)([O-])[O-].O=C1C[C@@H]2OCC=C3CN4CC[C@]56c7ccccc7N1[C@H]5[C@H]2[C@H]3C[C@H]46. The first-order chi connectivity index (χ1) is 14.3. The van der Waals surface area contributed by atoms with Gasteiger partial charge in [-0.2, -0.15) is 0 Å². The van der Waals surface area contributed by atoms with Crippen molar-refractivity contribution in [3.8, 4) is 0 Å². The molecule has 30 heavy (non-hydrogen) atoms. The zero-order valence-corrected chi connectivity index (χ0v) is 18.8. The first-order valence-corrected chi connectivity index (χ1v) is 14.9. The molecular formula is C22H25AsN2O5-2. The molecule has 1 aromatic carbocycles. The summed E-state index contributed by atoms with van der Waals surface area (Å²) in [5.41, 5.74) is 5.05. The molecule has 160 valence electrons. The molecule has 1 saturated carbocycles. The molecule has 1 aliphatic carbocycles. The van der Waals surface area contributed by atoms with Gasteiger partial charge in [-0.25, -0.2) is 0 Å². The Morgan fingerprint density at radius 3 is 2.83 bits per heavy atom. The van der Waals surface area contributed by atoms with Crippen molar-refractivity contribution in [1.29, 1.82) is 0 Å². The Kier molecular flexibility index (Phi) is 4.08. The van der Waals surface area contributed by atoms with Gasteiger partial charge in [0.2, 0.25) is 5.91 Å². The van der Waals surface area contributed by atoms with E-state index in [1.165, 1.54) is 30.6 Å².